The third-order valence-corrected chi connectivity index (χ3v) is 3.35. The van der Waals surface area contributed by atoms with E-state index in [4.69, 9.17) is 0 Å². The van der Waals surface area contributed by atoms with Gasteiger partial charge in [-0.2, -0.15) is 5.10 Å². The summed E-state index contributed by atoms with van der Waals surface area (Å²) >= 11 is 0. The second-order valence-corrected chi connectivity index (χ2v) is 4.90. The number of benzene rings is 1. The molecule has 1 aromatic carbocycles. The maximum Gasteiger partial charge on any atom is 0.226 e. The first-order valence-corrected chi connectivity index (χ1v) is 6.97. The Morgan fingerprint density at radius 3 is 3.10 bits per heavy atom. The number of nitrogens with zero attached hydrogens (tertiary/aromatic N) is 3. The Hall–Kier alpha value is -2.63. The van der Waals surface area contributed by atoms with E-state index in [1.165, 1.54) is 0 Å². The molecule has 2 heterocycles. The van der Waals surface area contributed by atoms with E-state index < -0.39 is 0 Å². The second-order valence-electron chi connectivity index (χ2n) is 4.90. The van der Waals surface area contributed by atoms with Gasteiger partial charge in [-0.3, -0.25) is 9.89 Å². The molecule has 2 aromatic heterocycles. The first-order chi connectivity index (χ1) is 10.3. The number of carbonyl (C=O) groups is 1. The van der Waals surface area contributed by atoms with Crippen LogP contribution in [0.2, 0.25) is 0 Å². The lowest BCUT2D eigenvalue weighted by atomic mass is 10.1. The molecule has 0 aliphatic rings. The number of carbonyl (C=O) groups excluding carboxylic acids is 1. The lowest BCUT2D eigenvalue weighted by Crippen LogP contribution is -2.26. The molecule has 0 aliphatic carbocycles. The zero-order chi connectivity index (χ0) is 14.5. The molecule has 0 fully saturated rings. The molecule has 3 aromatic rings. The Morgan fingerprint density at radius 2 is 2.24 bits per heavy atom. The van der Waals surface area contributed by atoms with Crippen LogP contribution in [0.3, 0.4) is 0 Å². The number of H-pyrrole nitrogens is 1. The average molecular weight is 283 g/mol. The van der Waals surface area contributed by atoms with E-state index >= 15 is 0 Å². The number of hydrogen-bond donors (Lipinski definition) is 2. The summed E-state index contributed by atoms with van der Waals surface area (Å²) in [6.07, 6.45) is 6.65. The third kappa shape index (κ3) is 3.28. The van der Waals surface area contributed by atoms with Crippen LogP contribution in [-0.2, 0) is 17.8 Å². The van der Waals surface area contributed by atoms with Gasteiger partial charge in [0.2, 0.25) is 5.91 Å². The van der Waals surface area contributed by atoms with Crippen LogP contribution in [0.25, 0.3) is 10.9 Å². The van der Waals surface area contributed by atoms with E-state index in [1.807, 2.05) is 35.0 Å². The van der Waals surface area contributed by atoms with Crippen LogP contribution in [-0.4, -0.2) is 32.2 Å². The van der Waals surface area contributed by atoms with Gasteiger partial charge in [0, 0.05) is 30.9 Å². The van der Waals surface area contributed by atoms with Gasteiger partial charge in [0.1, 0.15) is 0 Å². The number of aryl methyl sites for hydroxylation is 1. The molecule has 6 nitrogen and oxygen atoms in total. The van der Waals surface area contributed by atoms with E-state index in [9.17, 15) is 4.79 Å². The van der Waals surface area contributed by atoms with Gasteiger partial charge in [-0.25, -0.2) is 4.98 Å². The van der Waals surface area contributed by atoms with E-state index in [0.717, 1.165) is 29.6 Å². The van der Waals surface area contributed by atoms with Gasteiger partial charge in [-0.05, 0) is 12.5 Å². The fourth-order valence-electron chi connectivity index (χ4n) is 2.28. The Bertz CT molecular complexity index is 717. The van der Waals surface area contributed by atoms with Crippen LogP contribution in [0.5, 0.6) is 0 Å². The van der Waals surface area contributed by atoms with E-state index in [2.05, 4.69) is 20.5 Å². The van der Waals surface area contributed by atoms with Gasteiger partial charge in [-0.15, -0.1) is 0 Å². The number of aromatic amines is 1. The van der Waals surface area contributed by atoms with Crippen molar-refractivity contribution >= 4 is 16.8 Å². The molecule has 0 unspecified atom stereocenters. The molecule has 1 amide bonds. The number of hydrogen-bond acceptors (Lipinski definition) is 3. The average Bonchev–Trinajstić information content (AvgIpc) is 3.14. The summed E-state index contributed by atoms with van der Waals surface area (Å²) in [6.45, 7) is 1.51. The summed E-state index contributed by atoms with van der Waals surface area (Å²) in [6, 6.07) is 7.78. The summed E-state index contributed by atoms with van der Waals surface area (Å²) < 4.78 is 1.99. The smallest absolute Gasteiger partial charge is 0.226 e. The topological polar surface area (TPSA) is 75.6 Å². The molecule has 0 aliphatic heterocycles. The van der Waals surface area contributed by atoms with Crippen molar-refractivity contribution in [2.75, 3.05) is 6.54 Å². The summed E-state index contributed by atoms with van der Waals surface area (Å²) in [7, 11) is 0. The molecule has 3 rings (SSSR count). The molecule has 2 N–H and O–H groups in total. The predicted molar refractivity (Wildman–Crippen MR) is 79.7 cm³/mol. The number of amides is 1. The van der Waals surface area contributed by atoms with Crippen molar-refractivity contribution in [1.29, 1.82) is 0 Å². The Labute approximate surface area is 122 Å². The maximum absolute atomic E-state index is 11.9. The number of rotatable bonds is 6. The van der Waals surface area contributed by atoms with Crippen molar-refractivity contribution in [3.63, 3.8) is 0 Å². The zero-order valence-corrected chi connectivity index (χ0v) is 11.6. The predicted octanol–water partition coefficient (Wildman–Crippen LogP) is 1.51. The van der Waals surface area contributed by atoms with Crippen molar-refractivity contribution < 1.29 is 4.79 Å². The summed E-state index contributed by atoms with van der Waals surface area (Å²) in [5.41, 5.74) is 1.75. The molecular weight excluding hydrogens is 266 g/mol. The first kappa shape index (κ1) is 13.4. The molecule has 0 radical (unpaired) electrons. The van der Waals surface area contributed by atoms with E-state index in [0.29, 0.717) is 13.0 Å². The molecule has 21 heavy (non-hydrogen) atoms. The van der Waals surface area contributed by atoms with E-state index in [1.54, 1.807) is 12.5 Å². The highest BCUT2D eigenvalue weighted by atomic mass is 16.1. The minimum Gasteiger partial charge on any atom is -0.356 e. The summed E-state index contributed by atoms with van der Waals surface area (Å²) in [5, 5.41) is 11.1. The molecular formula is C15H17N5O. The van der Waals surface area contributed by atoms with Crippen molar-refractivity contribution in [3.8, 4) is 0 Å². The first-order valence-electron chi connectivity index (χ1n) is 6.97. The number of imidazole rings is 1. The van der Waals surface area contributed by atoms with Gasteiger partial charge in [0.05, 0.1) is 24.0 Å². The van der Waals surface area contributed by atoms with Crippen LogP contribution < -0.4 is 5.32 Å². The second kappa shape index (κ2) is 6.21. The maximum atomic E-state index is 11.9. The Kier molecular flexibility index (Phi) is 3.95. The Morgan fingerprint density at radius 1 is 1.33 bits per heavy atom. The van der Waals surface area contributed by atoms with Gasteiger partial charge < -0.3 is 9.88 Å². The highest BCUT2D eigenvalue weighted by Gasteiger charge is 2.09. The van der Waals surface area contributed by atoms with Crippen molar-refractivity contribution in [2.24, 2.45) is 0 Å². The lowest BCUT2D eigenvalue weighted by molar-refractivity contribution is -0.120. The normalized spacial score (nSPS) is 10.9. The number of fused-ring (bicyclic) bond motifs is 1. The molecule has 0 bridgehead atoms. The highest BCUT2D eigenvalue weighted by Crippen LogP contribution is 2.15. The number of para-hydroxylation sites is 1. The van der Waals surface area contributed by atoms with Crippen molar-refractivity contribution in [1.82, 2.24) is 25.1 Å². The van der Waals surface area contributed by atoms with Crippen LogP contribution in [0.1, 0.15) is 12.1 Å². The monoisotopic (exact) mass is 283 g/mol. The quantitative estimate of drug-likeness (QED) is 0.673. The SMILES string of the molecule is O=C(Cc1[nH]nc2ccccc12)NCCCn1ccnc1. The molecule has 0 atom stereocenters. The Balaban J connectivity index is 1.48. The highest BCUT2D eigenvalue weighted by molar-refractivity contribution is 5.87. The molecule has 108 valence electrons. The summed E-state index contributed by atoms with van der Waals surface area (Å²) in [4.78, 5) is 15.9. The standard InChI is InChI=1S/C15H17N5O/c21-15(17-6-3-8-20-9-7-16-11-20)10-14-12-4-1-2-5-13(12)18-19-14/h1-2,4-5,7,9,11H,3,6,8,10H2,(H,17,21)(H,18,19). The largest absolute Gasteiger partial charge is 0.356 e. The van der Waals surface area contributed by atoms with Crippen LogP contribution >= 0.6 is 0 Å². The fourth-order valence-corrected chi connectivity index (χ4v) is 2.28. The third-order valence-electron chi connectivity index (χ3n) is 3.35. The van der Waals surface area contributed by atoms with Gasteiger partial charge in [-0.1, -0.05) is 18.2 Å². The molecule has 0 spiro atoms. The fraction of sp³-hybridized carbons (Fsp3) is 0.267. The zero-order valence-electron chi connectivity index (χ0n) is 11.6. The van der Waals surface area contributed by atoms with Gasteiger partial charge >= 0.3 is 0 Å². The van der Waals surface area contributed by atoms with Gasteiger partial charge in [0.15, 0.2) is 0 Å². The lowest BCUT2D eigenvalue weighted by Gasteiger charge is -2.05. The summed E-state index contributed by atoms with van der Waals surface area (Å²) in [5.74, 6) is 0.00929. The number of aromatic nitrogens is 4. The van der Waals surface area contributed by atoms with Crippen LogP contribution in [0.15, 0.2) is 43.0 Å². The molecule has 0 saturated carbocycles. The molecule has 0 saturated heterocycles. The minimum atomic E-state index is 0.00929. The minimum absolute atomic E-state index is 0.00929. The van der Waals surface area contributed by atoms with E-state index in [-0.39, 0.29) is 5.91 Å². The van der Waals surface area contributed by atoms with Crippen molar-refractivity contribution in [2.45, 2.75) is 19.4 Å². The van der Waals surface area contributed by atoms with Crippen LogP contribution in [0.4, 0.5) is 0 Å². The van der Waals surface area contributed by atoms with Gasteiger partial charge in [0.25, 0.3) is 0 Å². The molecule has 6 heteroatoms. The van der Waals surface area contributed by atoms with Crippen molar-refractivity contribution in [3.05, 3.63) is 48.7 Å². The van der Waals surface area contributed by atoms with Crippen LogP contribution in [0, 0.1) is 0 Å². The number of nitrogens with one attached hydrogen (secondary N) is 2.